The summed E-state index contributed by atoms with van der Waals surface area (Å²) in [6.07, 6.45) is 1.82. The molecule has 26 heavy (non-hydrogen) atoms. The van der Waals surface area contributed by atoms with Crippen LogP contribution in [0.3, 0.4) is 0 Å². The molecule has 0 amide bonds. The Balaban J connectivity index is 1.82. The maximum absolute atomic E-state index is 4.85. The summed E-state index contributed by atoms with van der Waals surface area (Å²) in [5.41, 5.74) is 4.20. The molecule has 0 aliphatic heterocycles. The van der Waals surface area contributed by atoms with Gasteiger partial charge in [0.1, 0.15) is 0 Å². The fourth-order valence-electron chi connectivity index (χ4n) is 3.39. The van der Waals surface area contributed by atoms with Gasteiger partial charge in [-0.25, -0.2) is 9.97 Å². The van der Waals surface area contributed by atoms with Gasteiger partial charge < -0.3 is 0 Å². The van der Waals surface area contributed by atoms with Crippen molar-refractivity contribution in [1.82, 2.24) is 14.5 Å². The van der Waals surface area contributed by atoms with E-state index in [4.69, 9.17) is 4.98 Å². The molecule has 0 aliphatic rings. The number of halogens is 1. The number of nitrogens with zero attached hydrogens (tertiary/aromatic N) is 3. The summed E-state index contributed by atoms with van der Waals surface area (Å²) >= 11 is 3.59. The van der Waals surface area contributed by atoms with E-state index in [0.717, 1.165) is 26.8 Å². The first kappa shape index (κ1) is 15.3. The molecule has 3 nitrogen and oxygen atoms in total. The number of hydrogen-bond acceptors (Lipinski definition) is 2. The maximum Gasteiger partial charge on any atom is 0.235 e. The topological polar surface area (TPSA) is 30.7 Å². The molecule has 3 aromatic carbocycles. The lowest BCUT2D eigenvalue weighted by Crippen LogP contribution is -2.01. The number of aromatic nitrogens is 3. The van der Waals surface area contributed by atoms with E-state index in [1.807, 2.05) is 36.5 Å². The van der Waals surface area contributed by atoms with Crippen molar-refractivity contribution in [3.05, 3.63) is 89.5 Å². The summed E-state index contributed by atoms with van der Waals surface area (Å²) in [7, 11) is 0. The summed E-state index contributed by atoms with van der Waals surface area (Å²) < 4.78 is 3.19. The molecule has 5 rings (SSSR count). The monoisotopic (exact) mass is 399 g/mol. The average molecular weight is 400 g/mol. The van der Waals surface area contributed by atoms with Gasteiger partial charge in [0.25, 0.3) is 0 Å². The van der Waals surface area contributed by atoms with Crippen LogP contribution in [0.2, 0.25) is 0 Å². The fraction of sp³-hybridized carbons (Fsp3) is 0. The van der Waals surface area contributed by atoms with E-state index in [2.05, 4.69) is 74.0 Å². The van der Waals surface area contributed by atoms with Crippen molar-refractivity contribution < 1.29 is 0 Å². The molecule has 0 aliphatic carbocycles. The van der Waals surface area contributed by atoms with E-state index in [1.165, 1.54) is 10.8 Å². The van der Waals surface area contributed by atoms with E-state index >= 15 is 0 Å². The first-order chi connectivity index (χ1) is 12.8. The molecule has 0 fully saturated rings. The van der Waals surface area contributed by atoms with Crippen molar-refractivity contribution in [2.45, 2.75) is 0 Å². The van der Waals surface area contributed by atoms with Gasteiger partial charge in [0.05, 0.1) is 16.7 Å². The Labute approximate surface area is 159 Å². The van der Waals surface area contributed by atoms with Gasteiger partial charge in [-0.15, -0.1) is 0 Å². The number of hydrogen-bond donors (Lipinski definition) is 0. The molecule has 5 aromatic rings. The highest BCUT2D eigenvalue weighted by atomic mass is 79.9. The largest absolute Gasteiger partial charge is 0.278 e. The quantitative estimate of drug-likeness (QED) is 0.364. The Kier molecular flexibility index (Phi) is 3.57. The van der Waals surface area contributed by atoms with Crippen molar-refractivity contribution in [3.63, 3.8) is 0 Å². The standard InChI is InChI=1S/C22H14BrN3/c23-16-10-11-21-18(14-16)17-8-4-5-9-20(17)26(21)22-24-13-12-19(25-22)15-6-2-1-3-7-15/h1-14H. The Hall–Kier alpha value is -2.98. The summed E-state index contributed by atoms with van der Waals surface area (Å²) in [6.45, 7) is 0. The van der Waals surface area contributed by atoms with Crippen LogP contribution in [0, 0.1) is 0 Å². The van der Waals surface area contributed by atoms with E-state index < -0.39 is 0 Å². The summed E-state index contributed by atoms with van der Waals surface area (Å²) in [6, 6.07) is 26.8. The molecule has 4 heteroatoms. The SMILES string of the molecule is Brc1ccc2c(c1)c1ccccc1n2-c1nccc(-c2ccccc2)n1. The highest BCUT2D eigenvalue weighted by molar-refractivity contribution is 9.10. The zero-order chi connectivity index (χ0) is 17.5. The Morgan fingerprint density at radius 2 is 1.50 bits per heavy atom. The third-order valence-corrected chi connectivity index (χ3v) is 5.04. The van der Waals surface area contributed by atoms with Crippen LogP contribution in [0.5, 0.6) is 0 Å². The second kappa shape index (κ2) is 6.07. The molecule has 2 heterocycles. The van der Waals surface area contributed by atoms with E-state index in [-0.39, 0.29) is 0 Å². The molecule has 0 unspecified atom stereocenters. The van der Waals surface area contributed by atoms with Gasteiger partial charge in [0.15, 0.2) is 0 Å². The highest BCUT2D eigenvalue weighted by Crippen LogP contribution is 2.33. The normalized spacial score (nSPS) is 11.3. The molecule has 2 aromatic heterocycles. The van der Waals surface area contributed by atoms with Crippen LogP contribution in [0.4, 0.5) is 0 Å². The van der Waals surface area contributed by atoms with Crippen molar-refractivity contribution >= 4 is 37.7 Å². The number of benzene rings is 3. The summed E-state index contributed by atoms with van der Waals surface area (Å²) in [4.78, 5) is 9.42. The number of fused-ring (bicyclic) bond motifs is 3. The lowest BCUT2D eigenvalue weighted by atomic mass is 10.1. The third kappa shape index (κ3) is 2.42. The maximum atomic E-state index is 4.85. The van der Waals surface area contributed by atoms with Crippen LogP contribution in [-0.4, -0.2) is 14.5 Å². The van der Waals surface area contributed by atoms with Crippen molar-refractivity contribution in [1.29, 1.82) is 0 Å². The second-order valence-corrected chi connectivity index (χ2v) is 7.04. The Morgan fingerprint density at radius 1 is 0.731 bits per heavy atom. The Morgan fingerprint density at radius 3 is 2.38 bits per heavy atom. The lowest BCUT2D eigenvalue weighted by molar-refractivity contribution is 0.992. The van der Waals surface area contributed by atoms with Crippen LogP contribution in [0.1, 0.15) is 0 Å². The molecule has 0 saturated heterocycles. The molecule has 0 spiro atoms. The van der Waals surface area contributed by atoms with Crippen molar-refractivity contribution in [3.8, 4) is 17.2 Å². The van der Waals surface area contributed by atoms with Gasteiger partial charge in [-0.2, -0.15) is 0 Å². The average Bonchev–Trinajstić information content (AvgIpc) is 3.02. The molecule has 0 atom stereocenters. The van der Waals surface area contributed by atoms with Gasteiger partial charge in [-0.3, -0.25) is 4.57 Å². The minimum Gasteiger partial charge on any atom is -0.278 e. The highest BCUT2D eigenvalue weighted by Gasteiger charge is 2.14. The molecule has 0 N–H and O–H groups in total. The zero-order valence-corrected chi connectivity index (χ0v) is 15.4. The van der Waals surface area contributed by atoms with Gasteiger partial charge >= 0.3 is 0 Å². The summed E-state index contributed by atoms with van der Waals surface area (Å²) in [5.74, 6) is 0.680. The zero-order valence-electron chi connectivity index (χ0n) is 13.8. The van der Waals surface area contributed by atoms with E-state index in [0.29, 0.717) is 5.95 Å². The minimum absolute atomic E-state index is 0.680. The first-order valence-corrected chi connectivity index (χ1v) is 9.18. The first-order valence-electron chi connectivity index (χ1n) is 8.39. The number of rotatable bonds is 2. The van der Waals surface area contributed by atoms with Crippen LogP contribution >= 0.6 is 15.9 Å². The Bertz CT molecular complexity index is 1240. The van der Waals surface area contributed by atoms with Gasteiger partial charge in [-0.05, 0) is 30.3 Å². The smallest absolute Gasteiger partial charge is 0.235 e. The van der Waals surface area contributed by atoms with Crippen LogP contribution in [0.25, 0.3) is 39.0 Å². The van der Waals surface area contributed by atoms with Gasteiger partial charge in [0, 0.05) is 27.0 Å². The van der Waals surface area contributed by atoms with Crippen molar-refractivity contribution in [2.24, 2.45) is 0 Å². The molecule has 0 saturated carbocycles. The molecular formula is C22H14BrN3. The third-order valence-electron chi connectivity index (χ3n) is 4.55. The van der Waals surface area contributed by atoms with E-state index in [1.54, 1.807) is 0 Å². The van der Waals surface area contributed by atoms with Crippen LogP contribution < -0.4 is 0 Å². The molecule has 0 bridgehead atoms. The predicted octanol–water partition coefficient (Wildman–Crippen LogP) is 6.00. The van der Waals surface area contributed by atoms with Crippen LogP contribution in [0.15, 0.2) is 89.5 Å². The van der Waals surface area contributed by atoms with E-state index in [9.17, 15) is 0 Å². The molecule has 124 valence electrons. The molecule has 0 radical (unpaired) electrons. The fourth-order valence-corrected chi connectivity index (χ4v) is 3.75. The van der Waals surface area contributed by atoms with Gasteiger partial charge in [0.2, 0.25) is 5.95 Å². The summed E-state index contributed by atoms with van der Waals surface area (Å²) in [5, 5.41) is 2.38. The molecular weight excluding hydrogens is 386 g/mol. The second-order valence-electron chi connectivity index (χ2n) is 6.12. The number of para-hydroxylation sites is 1. The van der Waals surface area contributed by atoms with Gasteiger partial charge in [-0.1, -0.05) is 64.5 Å². The van der Waals surface area contributed by atoms with Crippen molar-refractivity contribution in [2.75, 3.05) is 0 Å². The lowest BCUT2D eigenvalue weighted by Gasteiger charge is -2.08. The predicted molar refractivity (Wildman–Crippen MR) is 110 cm³/mol. The van der Waals surface area contributed by atoms with Crippen LogP contribution in [-0.2, 0) is 0 Å². The minimum atomic E-state index is 0.680.